The molecule has 1 aliphatic carbocycles. The maximum atomic E-state index is 4.36. The molecule has 1 unspecified atom stereocenters. The number of aromatic nitrogens is 2. The molecule has 1 aliphatic rings. The lowest BCUT2D eigenvalue weighted by Crippen LogP contribution is -2.33. The zero-order chi connectivity index (χ0) is 10.5. The zero-order valence-electron chi connectivity index (χ0n) is 9.32. The molecule has 1 heterocycles. The molecule has 82 valence electrons. The highest BCUT2D eigenvalue weighted by Gasteiger charge is 2.29. The van der Waals surface area contributed by atoms with E-state index in [4.69, 9.17) is 0 Å². The second-order valence-corrected chi connectivity index (χ2v) is 4.23. The van der Waals surface area contributed by atoms with E-state index in [1.807, 2.05) is 18.5 Å². The van der Waals surface area contributed by atoms with Gasteiger partial charge in [0.15, 0.2) is 0 Å². The fraction of sp³-hybridized carbons (Fsp3) is 0.667. The molecule has 1 atom stereocenters. The van der Waals surface area contributed by atoms with Gasteiger partial charge in [0.05, 0.1) is 6.04 Å². The molecule has 2 rings (SSSR count). The fourth-order valence-corrected chi connectivity index (χ4v) is 2.01. The van der Waals surface area contributed by atoms with Crippen molar-refractivity contribution in [2.45, 2.75) is 38.6 Å². The summed E-state index contributed by atoms with van der Waals surface area (Å²) in [6.45, 7) is 3.25. The maximum Gasteiger partial charge on any atom is 0.145 e. The minimum atomic E-state index is 0.375. The molecule has 1 aromatic rings. The van der Waals surface area contributed by atoms with Gasteiger partial charge in [0.2, 0.25) is 0 Å². The van der Waals surface area contributed by atoms with Gasteiger partial charge in [-0.05, 0) is 37.8 Å². The molecule has 0 bridgehead atoms. The summed E-state index contributed by atoms with van der Waals surface area (Å²) in [5, 5.41) is 3.56. The summed E-state index contributed by atoms with van der Waals surface area (Å²) < 4.78 is 0. The van der Waals surface area contributed by atoms with Crippen LogP contribution in [0.3, 0.4) is 0 Å². The molecule has 1 N–H and O–H groups in total. The van der Waals surface area contributed by atoms with Crippen LogP contribution in [-0.4, -0.2) is 16.5 Å². The smallest absolute Gasteiger partial charge is 0.145 e. The van der Waals surface area contributed by atoms with Crippen LogP contribution in [0.2, 0.25) is 0 Å². The average molecular weight is 205 g/mol. The summed E-state index contributed by atoms with van der Waals surface area (Å²) in [4.78, 5) is 8.72. The summed E-state index contributed by atoms with van der Waals surface area (Å²) in [7, 11) is 0. The molecule has 0 aromatic carbocycles. The van der Waals surface area contributed by atoms with E-state index in [2.05, 4.69) is 22.2 Å². The quantitative estimate of drug-likeness (QED) is 0.801. The van der Waals surface area contributed by atoms with Crippen molar-refractivity contribution < 1.29 is 0 Å². The SMILES string of the molecule is CCCNC(c1ncccn1)C1CCC1. The lowest BCUT2D eigenvalue weighted by atomic mass is 9.79. The van der Waals surface area contributed by atoms with E-state index in [0.717, 1.165) is 24.7 Å². The molecule has 15 heavy (non-hydrogen) atoms. The number of hydrogen-bond acceptors (Lipinski definition) is 3. The zero-order valence-corrected chi connectivity index (χ0v) is 9.32. The highest BCUT2D eigenvalue weighted by Crippen LogP contribution is 2.36. The fourth-order valence-electron chi connectivity index (χ4n) is 2.01. The Balaban J connectivity index is 2.04. The van der Waals surface area contributed by atoms with Crippen LogP contribution in [0.15, 0.2) is 18.5 Å². The Morgan fingerprint density at radius 3 is 2.67 bits per heavy atom. The van der Waals surface area contributed by atoms with Crippen molar-refractivity contribution in [3.63, 3.8) is 0 Å². The van der Waals surface area contributed by atoms with Crippen molar-refractivity contribution in [1.29, 1.82) is 0 Å². The van der Waals surface area contributed by atoms with Crippen molar-refractivity contribution in [2.75, 3.05) is 6.54 Å². The van der Waals surface area contributed by atoms with Crippen molar-refractivity contribution in [1.82, 2.24) is 15.3 Å². The number of nitrogens with one attached hydrogen (secondary N) is 1. The van der Waals surface area contributed by atoms with Gasteiger partial charge in [-0.3, -0.25) is 0 Å². The van der Waals surface area contributed by atoms with Gasteiger partial charge in [0.1, 0.15) is 5.82 Å². The van der Waals surface area contributed by atoms with Crippen molar-refractivity contribution >= 4 is 0 Å². The summed E-state index contributed by atoms with van der Waals surface area (Å²) in [5.41, 5.74) is 0. The van der Waals surface area contributed by atoms with Gasteiger partial charge in [-0.2, -0.15) is 0 Å². The van der Waals surface area contributed by atoms with E-state index >= 15 is 0 Å². The van der Waals surface area contributed by atoms with Crippen LogP contribution in [-0.2, 0) is 0 Å². The van der Waals surface area contributed by atoms with Crippen LogP contribution in [0.4, 0.5) is 0 Å². The average Bonchev–Trinajstić information content (AvgIpc) is 2.22. The van der Waals surface area contributed by atoms with E-state index in [9.17, 15) is 0 Å². The molecule has 0 saturated heterocycles. The van der Waals surface area contributed by atoms with Gasteiger partial charge in [0.25, 0.3) is 0 Å². The topological polar surface area (TPSA) is 37.8 Å². The van der Waals surface area contributed by atoms with Crippen LogP contribution in [0.25, 0.3) is 0 Å². The number of rotatable bonds is 5. The van der Waals surface area contributed by atoms with Gasteiger partial charge >= 0.3 is 0 Å². The van der Waals surface area contributed by atoms with Crippen LogP contribution in [0.1, 0.15) is 44.5 Å². The highest BCUT2D eigenvalue weighted by molar-refractivity contribution is 5.00. The summed E-state index contributed by atoms with van der Waals surface area (Å²) in [6, 6.07) is 2.25. The van der Waals surface area contributed by atoms with Gasteiger partial charge in [0, 0.05) is 12.4 Å². The van der Waals surface area contributed by atoms with E-state index in [-0.39, 0.29) is 0 Å². The highest BCUT2D eigenvalue weighted by atomic mass is 15.0. The van der Waals surface area contributed by atoms with Crippen molar-refractivity contribution in [3.05, 3.63) is 24.3 Å². The molecule has 3 heteroatoms. The molecule has 0 spiro atoms. The Bertz CT molecular complexity index is 282. The molecular formula is C12H19N3. The maximum absolute atomic E-state index is 4.36. The third kappa shape index (κ3) is 2.53. The third-order valence-corrected chi connectivity index (χ3v) is 3.10. The lowest BCUT2D eigenvalue weighted by molar-refractivity contribution is 0.223. The monoisotopic (exact) mass is 205 g/mol. The van der Waals surface area contributed by atoms with Crippen LogP contribution in [0.5, 0.6) is 0 Å². The summed E-state index contributed by atoms with van der Waals surface area (Å²) in [5.74, 6) is 1.72. The predicted molar refractivity (Wildman–Crippen MR) is 60.4 cm³/mol. The van der Waals surface area contributed by atoms with E-state index in [1.54, 1.807) is 0 Å². The minimum absolute atomic E-state index is 0.375. The summed E-state index contributed by atoms with van der Waals surface area (Å²) in [6.07, 6.45) is 8.83. The second kappa shape index (κ2) is 5.21. The first kappa shape index (κ1) is 10.6. The third-order valence-electron chi connectivity index (χ3n) is 3.10. The molecule has 1 aromatic heterocycles. The Labute approximate surface area is 91.3 Å². The first-order valence-electron chi connectivity index (χ1n) is 5.92. The van der Waals surface area contributed by atoms with Gasteiger partial charge in [-0.25, -0.2) is 9.97 Å². The normalized spacial score (nSPS) is 18.5. The van der Waals surface area contributed by atoms with Gasteiger partial charge in [-0.1, -0.05) is 13.3 Å². The van der Waals surface area contributed by atoms with E-state index < -0.39 is 0 Å². The molecular weight excluding hydrogens is 186 g/mol. The van der Waals surface area contributed by atoms with E-state index in [0.29, 0.717) is 6.04 Å². The van der Waals surface area contributed by atoms with E-state index in [1.165, 1.54) is 19.3 Å². The molecule has 0 aliphatic heterocycles. The Kier molecular flexibility index (Phi) is 3.67. The molecule has 0 radical (unpaired) electrons. The Morgan fingerprint density at radius 2 is 2.13 bits per heavy atom. The second-order valence-electron chi connectivity index (χ2n) is 4.23. The lowest BCUT2D eigenvalue weighted by Gasteiger charge is -2.33. The minimum Gasteiger partial charge on any atom is -0.307 e. The van der Waals surface area contributed by atoms with Crippen LogP contribution >= 0.6 is 0 Å². The largest absolute Gasteiger partial charge is 0.307 e. The van der Waals surface area contributed by atoms with Gasteiger partial charge in [-0.15, -0.1) is 0 Å². The molecule has 3 nitrogen and oxygen atoms in total. The van der Waals surface area contributed by atoms with Crippen LogP contribution in [0, 0.1) is 5.92 Å². The Morgan fingerprint density at radius 1 is 1.40 bits per heavy atom. The first-order valence-corrected chi connectivity index (χ1v) is 5.92. The molecule has 1 saturated carbocycles. The summed E-state index contributed by atoms with van der Waals surface area (Å²) >= 11 is 0. The Hall–Kier alpha value is -0.960. The predicted octanol–water partition coefficient (Wildman–Crippen LogP) is 2.32. The van der Waals surface area contributed by atoms with Crippen LogP contribution < -0.4 is 5.32 Å². The van der Waals surface area contributed by atoms with Gasteiger partial charge < -0.3 is 5.32 Å². The molecule has 0 amide bonds. The molecule has 1 fully saturated rings. The standard InChI is InChI=1S/C12H19N3/c1-2-7-13-11(10-5-3-6-10)12-14-8-4-9-15-12/h4,8-11,13H,2-3,5-7H2,1H3. The van der Waals surface area contributed by atoms with Crippen molar-refractivity contribution in [2.24, 2.45) is 5.92 Å². The first-order chi connectivity index (χ1) is 7.42. The number of hydrogen-bond donors (Lipinski definition) is 1. The number of nitrogens with zero attached hydrogens (tertiary/aromatic N) is 2. The van der Waals surface area contributed by atoms with Crippen molar-refractivity contribution in [3.8, 4) is 0 Å².